The zero-order valence-corrected chi connectivity index (χ0v) is 5.40. The summed E-state index contributed by atoms with van der Waals surface area (Å²) in [4.78, 5) is 10.4. The molecule has 0 unspecified atom stereocenters. The van der Waals surface area contributed by atoms with Gasteiger partial charge >= 0.3 is 0 Å². The van der Waals surface area contributed by atoms with Crippen LogP contribution in [0.2, 0.25) is 0 Å². The maximum atomic E-state index is 10.4. The first-order chi connectivity index (χ1) is 3.66. The lowest BCUT2D eigenvalue weighted by atomic mass is 10.3. The minimum atomic E-state index is 0.0139. The van der Waals surface area contributed by atoms with Crippen LogP contribution in [0.25, 0.3) is 0 Å². The fourth-order valence-electron chi connectivity index (χ4n) is 0.394. The molecule has 0 aliphatic carbocycles. The van der Waals surface area contributed by atoms with Gasteiger partial charge in [0.05, 0.1) is 0 Å². The van der Waals surface area contributed by atoms with E-state index in [-0.39, 0.29) is 11.9 Å². The Hall–Kier alpha value is -0.530. The van der Waals surface area contributed by atoms with E-state index < -0.39 is 0 Å². The van der Waals surface area contributed by atoms with E-state index in [0.717, 1.165) is 0 Å². The summed E-state index contributed by atoms with van der Waals surface area (Å²) in [5.41, 5.74) is 0. The molecule has 0 heterocycles. The number of hydrogen-bond donors (Lipinski definition) is 1. The Morgan fingerprint density at radius 2 is 2.25 bits per heavy atom. The highest BCUT2D eigenvalue weighted by atomic mass is 16.1. The normalized spacial score (nSPS) is 9.50. The van der Waals surface area contributed by atoms with Crippen molar-refractivity contribution < 1.29 is 4.79 Å². The smallest absolute Gasteiger partial charge is 0.220 e. The molecule has 1 amide bonds. The quantitative estimate of drug-likeness (QED) is 0.563. The van der Waals surface area contributed by atoms with Gasteiger partial charge in [-0.25, -0.2) is 0 Å². The molecule has 0 spiro atoms. The summed E-state index contributed by atoms with van der Waals surface area (Å²) in [6, 6.07) is 0.240. The third-order valence-electron chi connectivity index (χ3n) is 0.677. The molecule has 0 aromatic carbocycles. The summed E-state index contributed by atoms with van der Waals surface area (Å²) in [7, 11) is 0. The van der Waals surface area contributed by atoms with E-state index in [1.165, 1.54) is 0 Å². The second kappa shape index (κ2) is 3.47. The van der Waals surface area contributed by atoms with E-state index in [1.54, 1.807) is 0 Å². The number of rotatable bonds is 2. The average molecular weight is 114 g/mol. The van der Waals surface area contributed by atoms with Crippen molar-refractivity contribution in [3.63, 3.8) is 0 Å². The molecule has 1 N–H and O–H groups in total. The maximum absolute atomic E-state index is 10.4. The van der Waals surface area contributed by atoms with Crippen molar-refractivity contribution in [3.8, 4) is 0 Å². The molecule has 47 valence electrons. The Morgan fingerprint density at radius 3 is 2.38 bits per heavy atom. The second-order valence-electron chi connectivity index (χ2n) is 1.97. The molecule has 0 fully saturated rings. The highest BCUT2D eigenvalue weighted by Crippen LogP contribution is 1.79. The van der Waals surface area contributed by atoms with E-state index in [4.69, 9.17) is 0 Å². The number of carbonyl (C=O) groups is 1. The van der Waals surface area contributed by atoms with Crippen LogP contribution in [-0.2, 0) is 4.79 Å². The highest BCUT2D eigenvalue weighted by Gasteiger charge is 1.96. The molecule has 8 heavy (non-hydrogen) atoms. The molecule has 2 heteroatoms. The standard InChI is InChI=1S/C6H12NO/c1-4-6(8)7-5(2)3/h5H,1,4H2,2-3H3,(H,7,8). The Balaban J connectivity index is 3.25. The van der Waals surface area contributed by atoms with Crippen LogP contribution in [0.5, 0.6) is 0 Å². The third-order valence-corrected chi connectivity index (χ3v) is 0.677. The Labute approximate surface area is 50.3 Å². The van der Waals surface area contributed by atoms with Gasteiger partial charge in [-0.05, 0) is 20.8 Å². The monoisotopic (exact) mass is 114 g/mol. The molecule has 0 saturated heterocycles. The molecule has 0 aliphatic rings. The second-order valence-corrected chi connectivity index (χ2v) is 1.97. The van der Waals surface area contributed by atoms with Gasteiger partial charge in [-0.15, -0.1) is 0 Å². The minimum absolute atomic E-state index is 0.0139. The third kappa shape index (κ3) is 3.65. The fraction of sp³-hybridized carbons (Fsp3) is 0.667. The SMILES string of the molecule is [CH2]CC(=O)NC(C)C. The summed E-state index contributed by atoms with van der Waals surface area (Å²) in [6.45, 7) is 7.27. The largest absolute Gasteiger partial charge is 0.354 e. The van der Waals surface area contributed by atoms with Gasteiger partial charge in [0.2, 0.25) is 5.91 Å². The number of nitrogens with one attached hydrogen (secondary N) is 1. The van der Waals surface area contributed by atoms with Gasteiger partial charge in [0.1, 0.15) is 0 Å². The summed E-state index contributed by atoms with van der Waals surface area (Å²) >= 11 is 0. The predicted molar refractivity (Wildman–Crippen MR) is 33.3 cm³/mol. The summed E-state index contributed by atoms with van der Waals surface area (Å²) in [5, 5.41) is 2.69. The first-order valence-electron chi connectivity index (χ1n) is 2.75. The maximum Gasteiger partial charge on any atom is 0.220 e. The van der Waals surface area contributed by atoms with Crippen LogP contribution in [-0.4, -0.2) is 11.9 Å². The van der Waals surface area contributed by atoms with Gasteiger partial charge in [-0.1, -0.05) is 0 Å². The molecule has 0 aliphatic heterocycles. The molecular weight excluding hydrogens is 102 g/mol. The summed E-state index contributed by atoms with van der Waals surface area (Å²) in [5.74, 6) is 0.0139. The van der Waals surface area contributed by atoms with Gasteiger partial charge in [0, 0.05) is 12.5 Å². The number of amides is 1. The van der Waals surface area contributed by atoms with Crippen molar-refractivity contribution in [2.75, 3.05) is 0 Å². The molecule has 1 radical (unpaired) electrons. The van der Waals surface area contributed by atoms with Crippen LogP contribution >= 0.6 is 0 Å². The van der Waals surface area contributed by atoms with Gasteiger partial charge in [-0.3, -0.25) is 4.79 Å². The summed E-state index contributed by atoms with van der Waals surface area (Å²) < 4.78 is 0. The van der Waals surface area contributed by atoms with Crippen molar-refractivity contribution in [3.05, 3.63) is 6.92 Å². The van der Waals surface area contributed by atoms with Crippen LogP contribution in [0.1, 0.15) is 20.3 Å². The Bertz CT molecular complexity index is 78.6. The van der Waals surface area contributed by atoms with Crippen LogP contribution in [0.3, 0.4) is 0 Å². The lowest BCUT2D eigenvalue weighted by Gasteiger charge is -2.04. The molecule has 0 aromatic heterocycles. The van der Waals surface area contributed by atoms with Gasteiger partial charge in [0.15, 0.2) is 0 Å². The van der Waals surface area contributed by atoms with Crippen molar-refractivity contribution in [2.24, 2.45) is 0 Å². The van der Waals surface area contributed by atoms with Crippen molar-refractivity contribution >= 4 is 5.91 Å². The summed E-state index contributed by atoms with van der Waals surface area (Å²) in [6.07, 6.45) is 0.332. The molecule has 0 aromatic rings. The fourth-order valence-corrected chi connectivity index (χ4v) is 0.394. The van der Waals surface area contributed by atoms with E-state index in [0.29, 0.717) is 6.42 Å². The Kier molecular flexibility index (Phi) is 3.24. The van der Waals surface area contributed by atoms with Gasteiger partial charge < -0.3 is 5.32 Å². The first kappa shape index (κ1) is 7.47. The highest BCUT2D eigenvalue weighted by molar-refractivity contribution is 5.76. The lowest BCUT2D eigenvalue weighted by molar-refractivity contribution is -0.120. The molecule has 0 rings (SSSR count). The van der Waals surface area contributed by atoms with Crippen molar-refractivity contribution in [2.45, 2.75) is 26.3 Å². The number of hydrogen-bond acceptors (Lipinski definition) is 1. The van der Waals surface area contributed by atoms with Crippen LogP contribution in [0.4, 0.5) is 0 Å². The first-order valence-corrected chi connectivity index (χ1v) is 2.75. The number of carbonyl (C=O) groups excluding carboxylic acids is 1. The predicted octanol–water partition coefficient (Wildman–Crippen LogP) is 0.735. The molecule has 0 bridgehead atoms. The van der Waals surface area contributed by atoms with E-state index >= 15 is 0 Å². The average Bonchev–Trinajstić information content (AvgIpc) is 1.65. The molecule has 0 saturated carbocycles. The van der Waals surface area contributed by atoms with E-state index in [1.807, 2.05) is 13.8 Å². The van der Waals surface area contributed by atoms with Crippen LogP contribution in [0.15, 0.2) is 0 Å². The van der Waals surface area contributed by atoms with Gasteiger partial charge in [-0.2, -0.15) is 0 Å². The van der Waals surface area contributed by atoms with Gasteiger partial charge in [0.25, 0.3) is 0 Å². The topological polar surface area (TPSA) is 29.1 Å². The minimum Gasteiger partial charge on any atom is -0.354 e. The Morgan fingerprint density at radius 1 is 1.75 bits per heavy atom. The van der Waals surface area contributed by atoms with E-state index in [2.05, 4.69) is 12.2 Å². The zero-order valence-electron chi connectivity index (χ0n) is 5.40. The zero-order chi connectivity index (χ0) is 6.57. The van der Waals surface area contributed by atoms with Crippen molar-refractivity contribution in [1.29, 1.82) is 0 Å². The van der Waals surface area contributed by atoms with Crippen LogP contribution < -0.4 is 5.32 Å². The van der Waals surface area contributed by atoms with Crippen molar-refractivity contribution in [1.82, 2.24) is 5.32 Å². The van der Waals surface area contributed by atoms with E-state index in [9.17, 15) is 4.79 Å². The van der Waals surface area contributed by atoms with Crippen LogP contribution in [0, 0.1) is 6.92 Å². The molecule has 0 atom stereocenters. The lowest BCUT2D eigenvalue weighted by Crippen LogP contribution is -2.29. The molecular formula is C6H12NO. The molecule has 2 nitrogen and oxygen atoms in total.